The van der Waals surface area contributed by atoms with Gasteiger partial charge in [-0.2, -0.15) is 0 Å². The standard InChI is InChI=1S/C58H63N9O8S2/c1-30-33(4)77-57-49(30)50(61-43(26-48(70)74-9)53-64-63-34(5)67(53)57)37-15-17-41(18-16-37)65-21-20-39(27-65)45(69)23-35-10-19-46-40(22-35)24-47(75-46)55(72)62-52(58(6,7)8)56(73)66-28-42(68)25-44(66)54(71)60-31(2)36-11-13-38(14-12-36)51-32(3)59-29-76-51/h10-19,22,24,29,31,39,42-44,52,68H,20-21,23,25-28H2,1-9H3,(H,60,71)(H,62,72)/t31-,39+,42+,43-,44-,52+/m0/s1. The topological polar surface area (TPSA) is 214 Å². The number of nitrogens with zero attached hydrogens (tertiary/aromatic N) is 7. The number of methoxy groups -OCH3 is 1. The van der Waals surface area contributed by atoms with Crippen molar-refractivity contribution in [1.82, 2.24) is 35.3 Å². The highest BCUT2D eigenvalue weighted by Gasteiger charge is 2.45. The number of nitrogens with one attached hydrogen (secondary N) is 2. The molecule has 6 atom stereocenters. The van der Waals surface area contributed by atoms with Gasteiger partial charge in [0, 0.05) is 65.5 Å². The van der Waals surface area contributed by atoms with Crippen molar-refractivity contribution in [3.8, 4) is 15.4 Å². The highest BCUT2D eigenvalue weighted by atomic mass is 32.1. The number of ketones is 1. The van der Waals surface area contributed by atoms with Crippen molar-refractivity contribution in [1.29, 1.82) is 0 Å². The van der Waals surface area contributed by atoms with E-state index in [4.69, 9.17) is 14.1 Å². The number of carbonyl (C=O) groups is 5. The molecule has 2 fully saturated rings. The number of β-amino-alcohol motifs (C(OH)–C–C–N with tert-alkyl or cyclic N) is 1. The van der Waals surface area contributed by atoms with Crippen molar-refractivity contribution >= 4 is 74.5 Å². The van der Waals surface area contributed by atoms with E-state index in [1.807, 2.05) is 100 Å². The fraction of sp³-hybridized carbons (Fsp3) is 0.397. The van der Waals surface area contributed by atoms with Gasteiger partial charge in [0.2, 0.25) is 11.8 Å². The second-order valence-electron chi connectivity index (χ2n) is 21.6. The summed E-state index contributed by atoms with van der Waals surface area (Å²) in [4.78, 5) is 84.1. The van der Waals surface area contributed by atoms with Crippen molar-refractivity contribution in [2.24, 2.45) is 16.3 Å². The maximum atomic E-state index is 14.4. The van der Waals surface area contributed by atoms with Gasteiger partial charge in [0.25, 0.3) is 5.91 Å². The summed E-state index contributed by atoms with van der Waals surface area (Å²) >= 11 is 3.22. The first-order valence-corrected chi connectivity index (χ1v) is 27.6. The van der Waals surface area contributed by atoms with Gasteiger partial charge < -0.3 is 34.7 Å². The summed E-state index contributed by atoms with van der Waals surface area (Å²) < 4.78 is 13.1. The molecule has 19 heteroatoms. The minimum atomic E-state index is -1.07. The Balaban J connectivity index is 0.774. The molecule has 2 saturated heterocycles. The van der Waals surface area contributed by atoms with Gasteiger partial charge in [0.1, 0.15) is 40.3 Å². The molecule has 0 spiro atoms. The number of carbonyl (C=O) groups excluding carboxylic acids is 5. The Kier molecular flexibility index (Phi) is 14.6. The fourth-order valence-corrected chi connectivity index (χ4v) is 12.8. The summed E-state index contributed by atoms with van der Waals surface area (Å²) in [6, 6.07) is 20.2. The van der Waals surface area contributed by atoms with Crippen LogP contribution in [0.25, 0.3) is 26.4 Å². The second kappa shape index (κ2) is 21.2. The Morgan fingerprint density at radius 3 is 2.36 bits per heavy atom. The molecule has 77 heavy (non-hydrogen) atoms. The van der Waals surface area contributed by atoms with Crippen molar-refractivity contribution in [3.05, 3.63) is 134 Å². The summed E-state index contributed by atoms with van der Waals surface area (Å²) in [6.45, 7) is 16.6. The van der Waals surface area contributed by atoms with Crippen molar-refractivity contribution < 1.29 is 38.2 Å². The molecular weight excluding hydrogens is 1010 g/mol. The maximum absolute atomic E-state index is 14.4. The number of thiophene rings is 1. The average molecular weight is 1080 g/mol. The molecule has 0 unspecified atom stereocenters. The predicted molar refractivity (Wildman–Crippen MR) is 296 cm³/mol. The van der Waals surface area contributed by atoms with Crippen molar-refractivity contribution in [2.75, 3.05) is 31.6 Å². The number of aromatic nitrogens is 4. The SMILES string of the molecule is COC(=O)C[C@@H]1N=C(c2ccc(N3CC[C@@H](C(=O)Cc4ccc5oc(C(=O)N[C@H](C(=O)N6C[C@H](O)C[C@H]6C(=O)N[C@@H](C)c6ccc(-c7scnc7C)cc6)C(C)(C)C)cc5c4)C3)cc2)c2c(sc(C)c2C)-n2c(C)nnc21. The number of ether oxygens (including phenoxy) is 1. The first-order valence-electron chi connectivity index (χ1n) is 25.9. The molecule has 0 saturated carbocycles. The van der Waals surface area contributed by atoms with Crippen LogP contribution in [0, 0.1) is 39.0 Å². The lowest BCUT2D eigenvalue weighted by molar-refractivity contribution is -0.142. The van der Waals surface area contributed by atoms with Gasteiger partial charge in [0.15, 0.2) is 11.6 Å². The fourth-order valence-electron chi connectivity index (χ4n) is 10.7. The number of furan rings is 1. The number of hydrogen-bond donors (Lipinski definition) is 3. The van der Waals surface area contributed by atoms with E-state index in [9.17, 15) is 29.1 Å². The van der Waals surface area contributed by atoms with E-state index in [0.29, 0.717) is 42.1 Å². The number of rotatable bonds is 14. The molecular formula is C58H63N9O8S2. The number of aliphatic hydroxyl groups excluding tert-OH is 1. The lowest BCUT2D eigenvalue weighted by Gasteiger charge is -2.35. The van der Waals surface area contributed by atoms with Gasteiger partial charge in [-0.25, -0.2) is 4.98 Å². The Hall–Kier alpha value is -7.35. The summed E-state index contributed by atoms with van der Waals surface area (Å²) in [5.74, 6) is -0.640. The minimum Gasteiger partial charge on any atom is -0.469 e. The van der Waals surface area contributed by atoms with E-state index in [0.717, 1.165) is 65.2 Å². The second-order valence-corrected chi connectivity index (χ2v) is 23.6. The number of aryl methyl sites for hydroxylation is 3. The van der Waals surface area contributed by atoms with Crippen LogP contribution in [-0.4, -0.2) is 110 Å². The van der Waals surface area contributed by atoms with E-state index in [1.165, 1.54) is 12.0 Å². The molecule has 400 valence electrons. The third-order valence-electron chi connectivity index (χ3n) is 15.2. The van der Waals surface area contributed by atoms with Gasteiger partial charge in [0.05, 0.1) is 47.5 Å². The Morgan fingerprint density at radius 2 is 1.66 bits per heavy atom. The van der Waals surface area contributed by atoms with Crippen LogP contribution in [0.4, 0.5) is 5.69 Å². The number of Topliss-reactive ketones (excluding diaryl/α,β-unsaturated/α-hetero) is 1. The number of anilines is 1. The molecule has 0 radical (unpaired) electrons. The summed E-state index contributed by atoms with van der Waals surface area (Å²) in [6.07, 6.45) is 0.0665. The quantitative estimate of drug-likeness (QED) is 0.0875. The van der Waals surface area contributed by atoms with E-state index < -0.39 is 47.4 Å². The predicted octanol–water partition coefficient (Wildman–Crippen LogP) is 8.51. The van der Waals surface area contributed by atoms with Gasteiger partial charge in [-0.3, -0.25) is 33.5 Å². The maximum Gasteiger partial charge on any atom is 0.308 e. The Labute approximate surface area is 454 Å². The van der Waals surface area contributed by atoms with Crippen LogP contribution >= 0.6 is 22.7 Å². The molecule has 7 aromatic rings. The van der Waals surface area contributed by atoms with Crippen molar-refractivity contribution in [2.45, 2.75) is 111 Å². The lowest BCUT2D eigenvalue weighted by Crippen LogP contribution is -2.57. The number of esters is 1. The van der Waals surface area contributed by atoms with Crippen LogP contribution in [0.15, 0.2) is 87.7 Å². The van der Waals surface area contributed by atoms with Crippen LogP contribution in [0.2, 0.25) is 0 Å². The molecule has 3 aliphatic heterocycles. The molecule has 4 aromatic heterocycles. The zero-order valence-electron chi connectivity index (χ0n) is 44.7. The third kappa shape index (κ3) is 10.6. The van der Waals surface area contributed by atoms with Gasteiger partial charge in [-0.05, 0) is 99.0 Å². The highest BCUT2D eigenvalue weighted by molar-refractivity contribution is 7.15. The molecule has 3 N–H and O–H groups in total. The van der Waals surface area contributed by atoms with Crippen molar-refractivity contribution in [3.63, 3.8) is 0 Å². The third-order valence-corrected chi connectivity index (χ3v) is 17.4. The number of benzene rings is 3. The van der Waals surface area contributed by atoms with Crippen LogP contribution < -0.4 is 15.5 Å². The number of hydrogen-bond acceptors (Lipinski definition) is 15. The number of fused-ring (bicyclic) bond motifs is 4. The number of thiazole rings is 1. The smallest absolute Gasteiger partial charge is 0.308 e. The zero-order chi connectivity index (χ0) is 54.6. The van der Waals surface area contributed by atoms with Crippen LogP contribution in [0.1, 0.15) is 120 Å². The molecule has 0 aliphatic carbocycles. The average Bonchev–Trinajstić information content (AvgIpc) is 4.32. The molecule has 3 aliphatic rings. The van der Waals surface area contributed by atoms with E-state index in [2.05, 4.69) is 56.7 Å². The van der Waals surface area contributed by atoms with E-state index >= 15 is 0 Å². The summed E-state index contributed by atoms with van der Waals surface area (Å²) in [5.41, 5.74) is 9.90. The van der Waals surface area contributed by atoms with E-state index in [1.54, 1.807) is 34.8 Å². The molecule has 0 bridgehead atoms. The van der Waals surface area contributed by atoms with Crippen LogP contribution in [0.5, 0.6) is 0 Å². The normalized spacial score (nSPS) is 19.1. The number of amides is 3. The zero-order valence-corrected chi connectivity index (χ0v) is 46.3. The lowest BCUT2D eigenvalue weighted by atomic mass is 9.85. The molecule has 17 nitrogen and oxygen atoms in total. The molecule has 10 rings (SSSR count). The van der Waals surface area contributed by atoms with Crippen LogP contribution in [0.3, 0.4) is 0 Å². The van der Waals surface area contributed by atoms with Gasteiger partial charge >= 0.3 is 5.97 Å². The first-order chi connectivity index (χ1) is 36.8. The number of aliphatic hydroxyl groups is 1. The summed E-state index contributed by atoms with van der Waals surface area (Å²) in [5, 5.41) is 27.2. The summed E-state index contributed by atoms with van der Waals surface area (Å²) in [7, 11) is 1.37. The molecule has 3 aromatic carbocycles. The largest absolute Gasteiger partial charge is 0.469 e. The van der Waals surface area contributed by atoms with Crippen LogP contribution in [-0.2, 0) is 30.3 Å². The van der Waals surface area contributed by atoms with Gasteiger partial charge in [-0.15, -0.1) is 32.9 Å². The minimum absolute atomic E-state index is 0.00324. The highest BCUT2D eigenvalue weighted by Crippen LogP contribution is 2.40. The monoisotopic (exact) mass is 1080 g/mol. The molecule has 7 heterocycles. The van der Waals surface area contributed by atoms with E-state index in [-0.39, 0.29) is 55.3 Å². The first kappa shape index (κ1) is 53.1. The Morgan fingerprint density at radius 1 is 0.922 bits per heavy atom. The molecule has 3 amide bonds. The number of likely N-dealkylation sites (tertiary alicyclic amines) is 1. The van der Waals surface area contributed by atoms with Gasteiger partial charge in [-0.1, -0.05) is 63.2 Å². The Bertz CT molecular complexity index is 3460. The number of aliphatic imine (C=N–C) groups is 1.